The number of aromatic nitrogens is 1. The van der Waals surface area contributed by atoms with Crippen molar-refractivity contribution in [2.24, 2.45) is 5.41 Å². The lowest BCUT2D eigenvalue weighted by Gasteiger charge is -2.36. The maximum absolute atomic E-state index is 12.8. The van der Waals surface area contributed by atoms with Gasteiger partial charge >= 0.3 is 0 Å². The van der Waals surface area contributed by atoms with Gasteiger partial charge in [-0.25, -0.2) is 21.8 Å². The Morgan fingerprint density at radius 2 is 2.00 bits per heavy atom. The second-order valence-electron chi connectivity index (χ2n) is 7.90. The molecule has 0 amide bonds. The van der Waals surface area contributed by atoms with Gasteiger partial charge < -0.3 is 4.90 Å². The Kier molecular flexibility index (Phi) is 4.79. The predicted molar refractivity (Wildman–Crippen MR) is 116 cm³/mol. The van der Waals surface area contributed by atoms with Gasteiger partial charge in [-0.3, -0.25) is 0 Å². The van der Waals surface area contributed by atoms with Gasteiger partial charge in [-0.15, -0.1) is 0 Å². The van der Waals surface area contributed by atoms with Gasteiger partial charge in [0.05, 0.1) is 21.4 Å². The van der Waals surface area contributed by atoms with Crippen molar-refractivity contribution in [1.82, 2.24) is 4.98 Å². The molecule has 4 rings (SSSR count). The molecule has 1 aliphatic heterocycles. The molecule has 1 aromatic carbocycles. The van der Waals surface area contributed by atoms with Gasteiger partial charge in [0.15, 0.2) is 9.84 Å². The molecular formula is C20H21ClN2O4S2. The van der Waals surface area contributed by atoms with E-state index in [-0.39, 0.29) is 17.2 Å². The summed E-state index contributed by atoms with van der Waals surface area (Å²) in [5, 5.41) is -0.167. The number of hydrogen-bond acceptors (Lipinski definition) is 6. The van der Waals surface area contributed by atoms with Crippen molar-refractivity contribution in [2.45, 2.75) is 24.0 Å². The summed E-state index contributed by atoms with van der Waals surface area (Å²) in [7, 11) is -1.65. The van der Waals surface area contributed by atoms with E-state index in [1.54, 1.807) is 24.3 Å². The van der Waals surface area contributed by atoms with Gasteiger partial charge in [0, 0.05) is 40.6 Å². The average Bonchev–Trinajstić information content (AvgIpc) is 2.74. The van der Waals surface area contributed by atoms with Crippen LogP contribution >= 0.6 is 10.7 Å². The van der Waals surface area contributed by atoms with E-state index in [1.807, 2.05) is 37.0 Å². The lowest BCUT2D eigenvalue weighted by molar-refractivity contribution is 0.430. The zero-order valence-corrected chi connectivity index (χ0v) is 18.4. The van der Waals surface area contributed by atoms with Crippen LogP contribution in [0.15, 0.2) is 53.5 Å². The monoisotopic (exact) mass is 452 g/mol. The summed E-state index contributed by atoms with van der Waals surface area (Å²) in [4.78, 5) is 6.46. The molecule has 0 spiro atoms. The van der Waals surface area contributed by atoms with Crippen LogP contribution in [0.5, 0.6) is 0 Å². The molecule has 1 aromatic heterocycles. The Morgan fingerprint density at radius 1 is 1.24 bits per heavy atom. The Labute approximate surface area is 175 Å². The molecule has 9 heteroatoms. The predicted octanol–water partition coefficient (Wildman–Crippen LogP) is 3.21. The fourth-order valence-corrected chi connectivity index (χ4v) is 7.22. The fourth-order valence-electron chi connectivity index (χ4n) is 4.14. The second kappa shape index (κ2) is 6.82. The van der Waals surface area contributed by atoms with Crippen LogP contribution in [-0.4, -0.2) is 45.9 Å². The molecule has 2 aliphatic rings. The maximum Gasteiger partial charge on any atom is 0.262 e. The van der Waals surface area contributed by atoms with Crippen LogP contribution in [0.25, 0.3) is 10.9 Å². The maximum atomic E-state index is 12.8. The first kappa shape index (κ1) is 20.4. The molecule has 29 heavy (non-hydrogen) atoms. The normalized spacial score (nSPS) is 26.3. The molecule has 0 saturated carbocycles. The quantitative estimate of drug-likeness (QED) is 0.650. The number of aryl methyl sites for hydroxylation is 1. The first-order valence-corrected chi connectivity index (χ1v) is 13.2. The largest absolute Gasteiger partial charge is 0.355 e. The number of anilines is 1. The third-order valence-corrected chi connectivity index (χ3v) is 9.17. The molecule has 1 aliphatic carbocycles. The first-order chi connectivity index (χ1) is 13.5. The summed E-state index contributed by atoms with van der Waals surface area (Å²) in [5.74, 6) is 0.364. The van der Waals surface area contributed by atoms with Gasteiger partial charge in [0.1, 0.15) is 5.82 Å². The number of hydrogen-bond donors (Lipinski definition) is 0. The Balaban J connectivity index is 1.88. The van der Waals surface area contributed by atoms with Crippen molar-refractivity contribution < 1.29 is 16.8 Å². The van der Waals surface area contributed by atoms with Crippen molar-refractivity contribution in [3.05, 3.63) is 54.1 Å². The molecule has 2 heterocycles. The zero-order chi connectivity index (χ0) is 21.0. The molecule has 2 aromatic rings. The molecule has 0 N–H and O–H groups in total. The number of halogens is 1. The van der Waals surface area contributed by atoms with E-state index in [1.165, 1.54) is 6.07 Å². The van der Waals surface area contributed by atoms with Crippen LogP contribution in [0.1, 0.15) is 12.5 Å². The summed E-state index contributed by atoms with van der Waals surface area (Å²) in [5.41, 5.74) is 0.748. The lowest BCUT2D eigenvalue weighted by atomic mass is 9.82. The number of allylic oxidation sites excluding steroid dienone is 2. The first-order valence-electron chi connectivity index (χ1n) is 9.18. The highest BCUT2D eigenvalue weighted by Gasteiger charge is 2.44. The van der Waals surface area contributed by atoms with Gasteiger partial charge in [-0.05, 0) is 19.1 Å². The number of rotatable bonds is 2. The second-order valence-corrected chi connectivity index (χ2v) is 12.7. The van der Waals surface area contributed by atoms with E-state index in [2.05, 4.69) is 4.98 Å². The smallest absolute Gasteiger partial charge is 0.262 e. The molecule has 6 nitrogen and oxygen atoms in total. The molecule has 0 bridgehead atoms. The van der Waals surface area contributed by atoms with Crippen LogP contribution in [0.4, 0.5) is 5.82 Å². The SMILES string of the molecule is Cc1ccc2nc(N3CCS(=O)(=O)C4C=CC=CC4(C)C3)cc(S(=O)(=O)Cl)c2c1. The molecule has 2 unspecified atom stereocenters. The van der Waals surface area contributed by atoms with Crippen molar-refractivity contribution in [3.63, 3.8) is 0 Å². The highest BCUT2D eigenvalue weighted by Crippen LogP contribution is 2.38. The minimum Gasteiger partial charge on any atom is -0.355 e. The number of fused-ring (bicyclic) bond motifs is 2. The Bertz CT molecular complexity index is 1270. The van der Waals surface area contributed by atoms with Gasteiger partial charge in [0.25, 0.3) is 9.05 Å². The molecular weight excluding hydrogens is 432 g/mol. The molecule has 0 radical (unpaired) electrons. The Morgan fingerprint density at radius 3 is 2.72 bits per heavy atom. The topological polar surface area (TPSA) is 84.4 Å². The van der Waals surface area contributed by atoms with E-state index in [0.29, 0.717) is 23.3 Å². The zero-order valence-electron chi connectivity index (χ0n) is 16.0. The summed E-state index contributed by atoms with van der Waals surface area (Å²) >= 11 is 0. The van der Waals surface area contributed by atoms with E-state index in [4.69, 9.17) is 10.7 Å². The third kappa shape index (κ3) is 3.69. The van der Waals surface area contributed by atoms with Gasteiger partial charge in [0.2, 0.25) is 0 Å². The van der Waals surface area contributed by atoms with Crippen molar-refractivity contribution in [2.75, 3.05) is 23.7 Å². The highest BCUT2D eigenvalue weighted by molar-refractivity contribution is 8.14. The fraction of sp³-hybridized carbons (Fsp3) is 0.350. The number of pyridine rings is 1. The summed E-state index contributed by atoms with van der Waals surface area (Å²) in [6.45, 7) is 4.38. The van der Waals surface area contributed by atoms with Crippen LogP contribution in [0.3, 0.4) is 0 Å². The van der Waals surface area contributed by atoms with E-state index in [0.717, 1.165) is 5.56 Å². The van der Waals surface area contributed by atoms with Crippen LogP contribution in [0.2, 0.25) is 0 Å². The third-order valence-electron chi connectivity index (χ3n) is 5.59. The number of benzene rings is 1. The summed E-state index contributed by atoms with van der Waals surface area (Å²) in [6.07, 6.45) is 7.23. The minimum absolute atomic E-state index is 0.0178. The van der Waals surface area contributed by atoms with Crippen LogP contribution < -0.4 is 4.90 Å². The lowest BCUT2D eigenvalue weighted by Crippen LogP contribution is -2.42. The van der Waals surface area contributed by atoms with Crippen molar-refractivity contribution in [3.8, 4) is 0 Å². The number of nitrogens with zero attached hydrogens (tertiary/aromatic N) is 2. The van der Waals surface area contributed by atoms with Crippen molar-refractivity contribution in [1.29, 1.82) is 0 Å². The summed E-state index contributed by atoms with van der Waals surface area (Å²) < 4.78 is 50.2. The van der Waals surface area contributed by atoms with Gasteiger partial charge in [-0.2, -0.15) is 0 Å². The average molecular weight is 453 g/mol. The van der Waals surface area contributed by atoms with Crippen LogP contribution in [0, 0.1) is 12.3 Å². The minimum atomic E-state index is -4.02. The van der Waals surface area contributed by atoms with Crippen molar-refractivity contribution >= 4 is 46.3 Å². The van der Waals surface area contributed by atoms with E-state index < -0.39 is 29.6 Å². The van der Waals surface area contributed by atoms with E-state index >= 15 is 0 Å². The highest BCUT2D eigenvalue weighted by atomic mass is 35.7. The molecule has 154 valence electrons. The molecule has 1 fully saturated rings. The summed E-state index contributed by atoms with van der Waals surface area (Å²) in [6, 6.07) is 6.79. The Hall–Kier alpha value is -1.90. The number of sulfone groups is 1. The molecule has 1 saturated heterocycles. The van der Waals surface area contributed by atoms with Gasteiger partial charge in [-0.1, -0.05) is 42.9 Å². The standard InChI is InChI=1S/C20H21ClN2O4S2/c1-14-6-7-16-15(11-14)17(29(21,26)27)12-19(22-16)23-9-10-28(24,25)18-5-3-4-8-20(18,2)13-23/h3-8,11-12,18H,9-10,13H2,1-2H3. The van der Waals surface area contributed by atoms with E-state index in [9.17, 15) is 16.8 Å². The molecule has 2 atom stereocenters. The van der Waals surface area contributed by atoms with Crippen LogP contribution in [-0.2, 0) is 18.9 Å².